The number of hydrogen-bond donors (Lipinski definition) is 1. The maximum Gasteiger partial charge on any atom is 0.239 e. The predicted molar refractivity (Wildman–Crippen MR) is 81.0 cm³/mol. The Morgan fingerprint density at radius 3 is 2.60 bits per heavy atom. The molecule has 0 radical (unpaired) electrons. The molecule has 2 N–H and O–H groups in total. The summed E-state index contributed by atoms with van der Waals surface area (Å²) < 4.78 is 1.99. The molecule has 1 aromatic heterocycles. The van der Waals surface area contributed by atoms with Crippen LogP contribution in [0.1, 0.15) is 36.7 Å². The fraction of sp³-hybridized carbons (Fsp3) is 0.467. The molecule has 0 spiro atoms. The third-order valence-electron chi connectivity index (χ3n) is 4.20. The summed E-state index contributed by atoms with van der Waals surface area (Å²) in [6, 6.07) is 9.10. The Bertz CT molecular complexity index is 599. The summed E-state index contributed by atoms with van der Waals surface area (Å²) in [7, 11) is 4.12. The minimum Gasteiger partial charge on any atom is -0.378 e. The van der Waals surface area contributed by atoms with E-state index in [1.807, 2.05) is 4.68 Å². The summed E-state index contributed by atoms with van der Waals surface area (Å²) in [5, 5.41) is 4.33. The molecule has 1 aliphatic rings. The normalized spacial score (nSPS) is 21.6. The second-order valence-corrected chi connectivity index (χ2v) is 5.70. The highest BCUT2D eigenvalue weighted by Crippen LogP contribution is 2.37. The van der Waals surface area contributed by atoms with E-state index in [9.17, 15) is 0 Å². The van der Waals surface area contributed by atoms with Gasteiger partial charge in [-0.15, -0.1) is 5.10 Å². The SMILES string of the molecule is CC1C(c2ccc(N(C)C)cc2)CCc2nc(N)nn21. The highest BCUT2D eigenvalue weighted by Gasteiger charge is 2.29. The molecule has 0 saturated carbocycles. The van der Waals surface area contributed by atoms with Crippen molar-refractivity contribution in [1.82, 2.24) is 14.8 Å². The van der Waals surface area contributed by atoms with Crippen molar-refractivity contribution in [3.8, 4) is 0 Å². The quantitative estimate of drug-likeness (QED) is 0.910. The van der Waals surface area contributed by atoms with Crippen LogP contribution in [0.25, 0.3) is 0 Å². The van der Waals surface area contributed by atoms with Gasteiger partial charge in [0.05, 0.1) is 6.04 Å². The van der Waals surface area contributed by atoms with Crippen LogP contribution >= 0.6 is 0 Å². The van der Waals surface area contributed by atoms with Gasteiger partial charge in [-0.1, -0.05) is 12.1 Å². The Balaban J connectivity index is 1.88. The van der Waals surface area contributed by atoms with Gasteiger partial charge in [0.15, 0.2) is 0 Å². The van der Waals surface area contributed by atoms with Crippen molar-refractivity contribution in [2.45, 2.75) is 31.7 Å². The van der Waals surface area contributed by atoms with Crippen LogP contribution in [0.2, 0.25) is 0 Å². The Hall–Kier alpha value is -2.04. The molecule has 5 nitrogen and oxygen atoms in total. The fourth-order valence-electron chi connectivity index (χ4n) is 3.03. The average Bonchev–Trinajstić information content (AvgIpc) is 2.81. The van der Waals surface area contributed by atoms with E-state index in [1.54, 1.807) is 0 Å². The van der Waals surface area contributed by atoms with Crippen molar-refractivity contribution in [3.05, 3.63) is 35.7 Å². The molecule has 0 saturated heterocycles. The topological polar surface area (TPSA) is 60.0 Å². The molecule has 20 heavy (non-hydrogen) atoms. The lowest BCUT2D eigenvalue weighted by Gasteiger charge is -2.30. The third-order valence-corrected chi connectivity index (χ3v) is 4.20. The van der Waals surface area contributed by atoms with E-state index in [-0.39, 0.29) is 0 Å². The maximum absolute atomic E-state index is 5.71. The lowest BCUT2D eigenvalue weighted by Crippen LogP contribution is -2.24. The highest BCUT2D eigenvalue weighted by molar-refractivity contribution is 5.46. The first-order valence-electron chi connectivity index (χ1n) is 7.04. The van der Waals surface area contributed by atoms with E-state index in [0.717, 1.165) is 18.7 Å². The summed E-state index contributed by atoms with van der Waals surface area (Å²) in [6.07, 6.45) is 2.04. The fourth-order valence-corrected chi connectivity index (χ4v) is 3.03. The van der Waals surface area contributed by atoms with E-state index in [2.05, 4.69) is 60.3 Å². The monoisotopic (exact) mass is 271 g/mol. The van der Waals surface area contributed by atoms with E-state index in [1.165, 1.54) is 11.3 Å². The van der Waals surface area contributed by atoms with Crippen LogP contribution in [0.5, 0.6) is 0 Å². The van der Waals surface area contributed by atoms with Gasteiger partial charge < -0.3 is 10.6 Å². The van der Waals surface area contributed by atoms with Crippen molar-refractivity contribution in [1.29, 1.82) is 0 Å². The van der Waals surface area contributed by atoms with Gasteiger partial charge in [-0.25, -0.2) is 4.68 Å². The zero-order chi connectivity index (χ0) is 14.3. The van der Waals surface area contributed by atoms with Crippen molar-refractivity contribution in [2.75, 3.05) is 24.7 Å². The molecule has 3 rings (SSSR count). The standard InChI is InChI=1S/C15H21N5/c1-10-13(8-9-14-17-15(16)18-20(10)14)11-4-6-12(7-5-11)19(2)3/h4-7,10,13H,8-9H2,1-3H3,(H2,16,18). The smallest absolute Gasteiger partial charge is 0.239 e. The number of nitrogens with two attached hydrogens (primary N) is 1. The molecule has 1 aromatic carbocycles. The Kier molecular flexibility index (Phi) is 3.12. The second-order valence-electron chi connectivity index (χ2n) is 5.70. The van der Waals surface area contributed by atoms with Crippen LogP contribution in [-0.4, -0.2) is 28.9 Å². The number of hydrogen-bond acceptors (Lipinski definition) is 4. The molecule has 2 heterocycles. The van der Waals surface area contributed by atoms with Gasteiger partial charge >= 0.3 is 0 Å². The minimum absolute atomic E-state index is 0.300. The Morgan fingerprint density at radius 2 is 1.95 bits per heavy atom. The van der Waals surface area contributed by atoms with Crippen LogP contribution in [-0.2, 0) is 6.42 Å². The third kappa shape index (κ3) is 2.13. The molecule has 1 aliphatic heterocycles. The van der Waals surface area contributed by atoms with Crippen LogP contribution in [0.3, 0.4) is 0 Å². The molecule has 0 fully saturated rings. The van der Waals surface area contributed by atoms with E-state index < -0.39 is 0 Å². The molecule has 0 amide bonds. The molecule has 0 aliphatic carbocycles. The number of anilines is 2. The molecule has 2 unspecified atom stereocenters. The van der Waals surface area contributed by atoms with Gasteiger partial charge in [0.25, 0.3) is 0 Å². The summed E-state index contributed by atoms with van der Waals surface area (Å²) >= 11 is 0. The number of rotatable bonds is 2. The summed E-state index contributed by atoms with van der Waals surface area (Å²) in [6.45, 7) is 2.20. The highest BCUT2D eigenvalue weighted by atomic mass is 15.4. The van der Waals surface area contributed by atoms with Gasteiger partial charge in [0, 0.05) is 32.1 Å². The first-order valence-corrected chi connectivity index (χ1v) is 7.04. The van der Waals surface area contributed by atoms with E-state index >= 15 is 0 Å². The van der Waals surface area contributed by atoms with Crippen LogP contribution in [0.15, 0.2) is 24.3 Å². The second kappa shape index (κ2) is 4.81. The number of fused-ring (bicyclic) bond motifs is 1. The molecule has 0 bridgehead atoms. The lowest BCUT2D eigenvalue weighted by molar-refractivity contribution is 0.338. The van der Waals surface area contributed by atoms with Crippen LogP contribution in [0, 0.1) is 0 Å². The van der Waals surface area contributed by atoms with Gasteiger partial charge in [-0.05, 0) is 31.0 Å². The van der Waals surface area contributed by atoms with Crippen LogP contribution in [0.4, 0.5) is 11.6 Å². The number of nitrogens with zero attached hydrogens (tertiary/aromatic N) is 4. The van der Waals surface area contributed by atoms with Gasteiger partial charge in [0.2, 0.25) is 5.95 Å². The summed E-state index contributed by atoms with van der Waals surface area (Å²) in [4.78, 5) is 6.41. The number of aromatic nitrogens is 3. The summed E-state index contributed by atoms with van der Waals surface area (Å²) in [5.74, 6) is 1.87. The van der Waals surface area contributed by atoms with E-state index in [4.69, 9.17) is 5.73 Å². The first kappa shape index (κ1) is 13.0. The molecular formula is C15H21N5. The van der Waals surface area contributed by atoms with Crippen LogP contribution < -0.4 is 10.6 Å². The zero-order valence-electron chi connectivity index (χ0n) is 12.2. The van der Waals surface area contributed by atoms with Crippen molar-refractivity contribution in [2.24, 2.45) is 0 Å². The largest absolute Gasteiger partial charge is 0.378 e. The van der Waals surface area contributed by atoms with Crippen molar-refractivity contribution < 1.29 is 0 Å². The number of nitrogen functional groups attached to an aromatic ring is 1. The molecular weight excluding hydrogens is 250 g/mol. The lowest BCUT2D eigenvalue weighted by atomic mass is 9.86. The van der Waals surface area contributed by atoms with Crippen molar-refractivity contribution >= 4 is 11.6 Å². The average molecular weight is 271 g/mol. The maximum atomic E-state index is 5.71. The number of benzene rings is 1. The number of aryl methyl sites for hydroxylation is 1. The van der Waals surface area contributed by atoms with E-state index in [0.29, 0.717) is 17.9 Å². The molecule has 5 heteroatoms. The molecule has 106 valence electrons. The van der Waals surface area contributed by atoms with Gasteiger partial charge in [-0.3, -0.25) is 0 Å². The first-order chi connectivity index (χ1) is 9.56. The predicted octanol–water partition coefficient (Wildman–Crippen LogP) is 2.22. The minimum atomic E-state index is 0.300. The molecule has 2 aromatic rings. The summed E-state index contributed by atoms with van der Waals surface area (Å²) in [5.41, 5.74) is 8.30. The molecule has 2 atom stereocenters. The van der Waals surface area contributed by atoms with Gasteiger partial charge in [0.1, 0.15) is 5.82 Å². The Labute approximate surface area is 119 Å². The van der Waals surface area contributed by atoms with Gasteiger partial charge in [-0.2, -0.15) is 4.98 Å². The Morgan fingerprint density at radius 1 is 1.25 bits per heavy atom. The van der Waals surface area contributed by atoms with Crippen molar-refractivity contribution in [3.63, 3.8) is 0 Å². The zero-order valence-corrected chi connectivity index (χ0v) is 12.2.